The fourth-order valence-electron chi connectivity index (χ4n) is 2.64. The summed E-state index contributed by atoms with van der Waals surface area (Å²) in [5, 5.41) is 8.99. The van der Waals surface area contributed by atoms with E-state index in [1.54, 1.807) is 18.2 Å². The molecular weight excluding hydrogens is 242 g/mol. The van der Waals surface area contributed by atoms with Crippen molar-refractivity contribution in [2.24, 2.45) is 0 Å². The lowest BCUT2D eigenvalue weighted by molar-refractivity contribution is 0.0697. The van der Waals surface area contributed by atoms with Crippen LogP contribution in [-0.4, -0.2) is 46.1 Å². The maximum Gasteiger partial charge on any atom is 0.335 e. The minimum absolute atomic E-state index is 0.297. The van der Waals surface area contributed by atoms with E-state index in [1.807, 2.05) is 0 Å². The van der Waals surface area contributed by atoms with Crippen molar-refractivity contribution in [3.63, 3.8) is 0 Å². The van der Waals surface area contributed by atoms with E-state index >= 15 is 0 Å². The number of rotatable bonds is 2. The van der Waals surface area contributed by atoms with Gasteiger partial charge in [0.2, 0.25) is 0 Å². The number of carboxylic acid groups (broad SMARTS) is 1. The number of hydrogen-bond acceptors (Lipinski definition) is 3. The molecule has 1 aromatic carbocycles. The molecule has 2 heterocycles. The normalized spacial score (nSPS) is 17.9. The molecule has 2 aromatic rings. The molecule has 1 aromatic heterocycles. The topological polar surface area (TPSA) is 69.2 Å². The van der Waals surface area contributed by atoms with Crippen molar-refractivity contribution in [2.45, 2.75) is 18.8 Å². The third-order valence-corrected chi connectivity index (χ3v) is 3.85. The Morgan fingerprint density at radius 3 is 2.84 bits per heavy atom. The van der Waals surface area contributed by atoms with Gasteiger partial charge in [-0.25, -0.2) is 9.78 Å². The van der Waals surface area contributed by atoms with E-state index in [9.17, 15) is 4.79 Å². The molecule has 0 spiro atoms. The maximum absolute atomic E-state index is 10.9. The number of nitrogens with zero attached hydrogens (tertiary/aromatic N) is 2. The summed E-state index contributed by atoms with van der Waals surface area (Å²) in [5.74, 6) is 0.542. The molecular formula is C14H17N3O2. The van der Waals surface area contributed by atoms with Crippen molar-refractivity contribution in [3.8, 4) is 0 Å². The molecule has 5 heteroatoms. The average molecular weight is 259 g/mol. The Morgan fingerprint density at radius 1 is 1.42 bits per heavy atom. The number of H-pyrrole nitrogens is 1. The molecule has 0 unspecified atom stereocenters. The maximum atomic E-state index is 10.9. The first kappa shape index (κ1) is 12.2. The Labute approximate surface area is 111 Å². The van der Waals surface area contributed by atoms with E-state index in [-0.39, 0.29) is 0 Å². The van der Waals surface area contributed by atoms with Gasteiger partial charge in [0.15, 0.2) is 0 Å². The quantitative estimate of drug-likeness (QED) is 0.866. The minimum Gasteiger partial charge on any atom is -0.478 e. The Kier molecular flexibility index (Phi) is 2.98. The standard InChI is InChI=1S/C14H17N3O2/c1-17-6-4-9(5-7-17)13-15-11-3-2-10(14(18)19)8-12(11)16-13/h2-3,8-9H,4-7H2,1H3,(H,15,16)(H,18,19). The van der Waals surface area contributed by atoms with Gasteiger partial charge in [-0.1, -0.05) is 0 Å². The third kappa shape index (κ3) is 2.33. The Hall–Kier alpha value is -1.88. The van der Waals surface area contributed by atoms with E-state index in [2.05, 4.69) is 21.9 Å². The van der Waals surface area contributed by atoms with Crippen molar-refractivity contribution >= 4 is 17.0 Å². The van der Waals surface area contributed by atoms with Crippen LogP contribution in [0.5, 0.6) is 0 Å². The Balaban J connectivity index is 1.91. The number of carboxylic acids is 1. The van der Waals surface area contributed by atoms with Gasteiger partial charge in [-0.2, -0.15) is 0 Å². The van der Waals surface area contributed by atoms with Crippen LogP contribution in [0.15, 0.2) is 18.2 Å². The predicted molar refractivity (Wildman–Crippen MR) is 72.5 cm³/mol. The smallest absolute Gasteiger partial charge is 0.335 e. The van der Waals surface area contributed by atoms with Gasteiger partial charge >= 0.3 is 5.97 Å². The second-order valence-corrected chi connectivity index (χ2v) is 5.24. The molecule has 100 valence electrons. The summed E-state index contributed by atoms with van der Waals surface area (Å²) in [6.07, 6.45) is 2.20. The van der Waals surface area contributed by atoms with Crippen molar-refractivity contribution in [3.05, 3.63) is 29.6 Å². The van der Waals surface area contributed by atoms with Crippen molar-refractivity contribution in [1.82, 2.24) is 14.9 Å². The van der Waals surface area contributed by atoms with Crippen molar-refractivity contribution < 1.29 is 9.90 Å². The monoisotopic (exact) mass is 259 g/mol. The number of piperidine rings is 1. The number of fused-ring (bicyclic) bond motifs is 1. The SMILES string of the molecule is CN1CCC(c2nc3ccc(C(=O)O)cc3[nH]2)CC1. The van der Waals surface area contributed by atoms with Gasteiger partial charge < -0.3 is 15.0 Å². The predicted octanol–water partition coefficient (Wildman–Crippen LogP) is 2.07. The number of benzene rings is 1. The van der Waals surface area contributed by atoms with E-state index in [4.69, 9.17) is 5.11 Å². The highest BCUT2D eigenvalue weighted by molar-refractivity contribution is 5.92. The fourth-order valence-corrected chi connectivity index (χ4v) is 2.64. The van der Waals surface area contributed by atoms with Gasteiger partial charge in [0.25, 0.3) is 0 Å². The molecule has 1 aliphatic rings. The molecule has 1 aliphatic heterocycles. The number of aromatic carboxylic acids is 1. The highest BCUT2D eigenvalue weighted by Crippen LogP contribution is 2.27. The third-order valence-electron chi connectivity index (χ3n) is 3.85. The minimum atomic E-state index is -0.905. The van der Waals surface area contributed by atoms with Gasteiger partial charge in [0.05, 0.1) is 16.6 Å². The molecule has 1 saturated heterocycles. The molecule has 0 amide bonds. The van der Waals surface area contributed by atoms with Gasteiger partial charge in [-0.05, 0) is 51.2 Å². The van der Waals surface area contributed by atoms with Crippen molar-refractivity contribution in [2.75, 3.05) is 20.1 Å². The summed E-state index contributed by atoms with van der Waals surface area (Å²) in [7, 11) is 2.13. The second-order valence-electron chi connectivity index (χ2n) is 5.24. The fraction of sp³-hybridized carbons (Fsp3) is 0.429. The van der Waals surface area contributed by atoms with Crippen LogP contribution in [0.2, 0.25) is 0 Å². The largest absolute Gasteiger partial charge is 0.478 e. The Morgan fingerprint density at radius 2 is 2.16 bits per heavy atom. The zero-order chi connectivity index (χ0) is 13.4. The molecule has 0 atom stereocenters. The number of nitrogens with one attached hydrogen (secondary N) is 1. The first-order chi connectivity index (χ1) is 9.13. The van der Waals surface area contributed by atoms with Crippen LogP contribution < -0.4 is 0 Å². The lowest BCUT2D eigenvalue weighted by atomic mass is 9.97. The molecule has 1 fully saturated rings. The zero-order valence-corrected chi connectivity index (χ0v) is 10.9. The first-order valence-corrected chi connectivity index (χ1v) is 6.55. The number of carbonyl (C=O) groups is 1. The van der Waals surface area contributed by atoms with Crippen LogP contribution in [0.1, 0.15) is 34.9 Å². The molecule has 3 rings (SSSR count). The lowest BCUT2D eigenvalue weighted by Crippen LogP contribution is -2.29. The first-order valence-electron chi connectivity index (χ1n) is 6.55. The number of aromatic nitrogens is 2. The molecule has 0 radical (unpaired) electrons. The molecule has 5 nitrogen and oxygen atoms in total. The van der Waals surface area contributed by atoms with Crippen molar-refractivity contribution in [1.29, 1.82) is 0 Å². The number of imidazole rings is 1. The summed E-state index contributed by atoms with van der Waals surface area (Å²) in [5.41, 5.74) is 1.96. The van der Waals surface area contributed by atoms with Gasteiger partial charge in [-0.3, -0.25) is 0 Å². The molecule has 19 heavy (non-hydrogen) atoms. The zero-order valence-electron chi connectivity index (χ0n) is 10.9. The second kappa shape index (κ2) is 4.66. The average Bonchev–Trinajstić information content (AvgIpc) is 2.82. The van der Waals surface area contributed by atoms with Gasteiger partial charge in [-0.15, -0.1) is 0 Å². The van der Waals surface area contributed by atoms with Crippen LogP contribution in [0.4, 0.5) is 0 Å². The van der Waals surface area contributed by atoms with Crippen LogP contribution >= 0.6 is 0 Å². The number of aromatic amines is 1. The van der Waals surface area contributed by atoms with Crippen LogP contribution in [0.25, 0.3) is 11.0 Å². The highest BCUT2D eigenvalue weighted by Gasteiger charge is 2.21. The Bertz CT molecular complexity index is 612. The number of likely N-dealkylation sites (tertiary alicyclic amines) is 1. The van der Waals surface area contributed by atoms with Gasteiger partial charge in [0, 0.05) is 5.92 Å². The van der Waals surface area contributed by atoms with Crippen LogP contribution in [0, 0.1) is 0 Å². The lowest BCUT2D eigenvalue weighted by Gasteiger charge is -2.27. The van der Waals surface area contributed by atoms with E-state index in [0.717, 1.165) is 42.8 Å². The summed E-state index contributed by atoms with van der Waals surface area (Å²) >= 11 is 0. The van der Waals surface area contributed by atoms with E-state index < -0.39 is 5.97 Å². The highest BCUT2D eigenvalue weighted by atomic mass is 16.4. The van der Waals surface area contributed by atoms with Crippen LogP contribution in [0.3, 0.4) is 0 Å². The van der Waals surface area contributed by atoms with Gasteiger partial charge in [0.1, 0.15) is 5.82 Å². The molecule has 0 saturated carbocycles. The summed E-state index contributed by atoms with van der Waals surface area (Å²) in [4.78, 5) is 21.1. The van der Waals surface area contributed by atoms with E-state index in [1.165, 1.54) is 0 Å². The van der Waals surface area contributed by atoms with Crippen LogP contribution in [-0.2, 0) is 0 Å². The summed E-state index contributed by atoms with van der Waals surface area (Å²) in [6.45, 7) is 2.17. The van der Waals surface area contributed by atoms with E-state index in [0.29, 0.717) is 11.5 Å². The number of hydrogen-bond donors (Lipinski definition) is 2. The summed E-state index contributed by atoms with van der Waals surface area (Å²) < 4.78 is 0. The molecule has 0 aliphatic carbocycles. The summed E-state index contributed by atoms with van der Waals surface area (Å²) in [6, 6.07) is 5.03. The molecule has 0 bridgehead atoms. The molecule has 2 N–H and O–H groups in total.